The first-order valence-corrected chi connectivity index (χ1v) is 8.54. The fourth-order valence-electron chi connectivity index (χ4n) is 3.44. The van der Waals surface area contributed by atoms with Gasteiger partial charge in [-0.05, 0) is 54.7 Å². The van der Waals surface area contributed by atoms with E-state index in [4.69, 9.17) is 0 Å². The number of aryl methyl sites for hydroxylation is 1. The number of unbranched alkanes of at least 4 members (excludes halogenated alkanes) is 1. The SMILES string of the molecule is CCCCc1cc(O)c(-c2cccc3c2CC(=O)N3CC)c(O)c1. The molecule has 0 spiro atoms. The summed E-state index contributed by atoms with van der Waals surface area (Å²) in [7, 11) is 0. The van der Waals surface area contributed by atoms with Crippen molar-refractivity contribution in [3.8, 4) is 22.6 Å². The van der Waals surface area contributed by atoms with Gasteiger partial charge in [0, 0.05) is 12.2 Å². The number of hydrogen-bond donors (Lipinski definition) is 2. The highest BCUT2D eigenvalue weighted by atomic mass is 16.3. The number of phenolic OH excluding ortho intramolecular Hbond substituents is 2. The molecule has 0 radical (unpaired) electrons. The van der Waals surface area contributed by atoms with E-state index in [9.17, 15) is 15.0 Å². The second kappa shape index (κ2) is 6.56. The quantitative estimate of drug-likeness (QED) is 0.873. The van der Waals surface area contributed by atoms with E-state index in [-0.39, 0.29) is 17.4 Å². The fraction of sp³-hybridized carbons (Fsp3) is 0.350. The van der Waals surface area contributed by atoms with Crippen molar-refractivity contribution < 1.29 is 15.0 Å². The van der Waals surface area contributed by atoms with E-state index in [1.165, 1.54) is 0 Å². The molecule has 126 valence electrons. The highest BCUT2D eigenvalue weighted by molar-refractivity contribution is 6.04. The van der Waals surface area contributed by atoms with Crippen molar-refractivity contribution in [2.45, 2.75) is 39.5 Å². The van der Waals surface area contributed by atoms with Crippen molar-refractivity contribution in [2.24, 2.45) is 0 Å². The smallest absolute Gasteiger partial charge is 0.231 e. The van der Waals surface area contributed by atoms with Gasteiger partial charge in [0.2, 0.25) is 5.91 Å². The Balaban J connectivity index is 2.08. The van der Waals surface area contributed by atoms with E-state index < -0.39 is 0 Å². The third-order valence-electron chi connectivity index (χ3n) is 4.63. The first kappa shape index (κ1) is 16.4. The van der Waals surface area contributed by atoms with Crippen LogP contribution in [0.1, 0.15) is 37.8 Å². The molecule has 4 nitrogen and oxygen atoms in total. The lowest BCUT2D eigenvalue weighted by Crippen LogP contribution is -2.25. The standard InChI is InChI=1S/C20H23NO3/c1-3-5-7-13-10-17(22)20(18(23)11-13)14-8-6-9-16-15(14)12-19(24)21(16)4-2/h6,8-11,22-23H,3-5,7,12H2,1-2H3. The van der Waals surface area contributed by atoms with E-state index in [1.54, 1.807) is 17.0 Å². The Kier molecular flexibility index (Phi) is 4.47. The third kappa shape index (κ3) is 2.73. The van der Waals surface area contributed by atoms with Gasteiger partial charge in [-0.25, -0.2) is 0 Å². The molecular formula is C20H23NO3. The molecule has 0 atom stereocenters. The lowest BCUT2D eigenvalue weighted by molar-refractivity contribution is -0.117. The topological polar surface area (TPSA) is 60.8 Å². The summed E-state index contributed by atoms with van der Waals surface area (Å²) >= 11 is 0. The van der Waals surface area contributed by atoms with Gasteiger partial charge in [-0.15, -0.1) is 0 Å². The number of carbonyl (C=O) groups is 1. The maximum atomic E-state index is 12.2. The van der Waals surface area contributed by atoms with E-state index in [2.05, 4.69) is 6.92 Å². The molecule has 0 aliphatic carbocycles. The first-order chi connectivity index (χ1) is 11.6. The zero-order chi connectivity index (χ0) is 17.3. The molecule has 0 saturated carbocycles. The van der Waals surface area contributed by atoms with Crippen molar-refractivity contribution in [3.63, 3.8) is 0 Å². The zero-order valence-corrected chi connectivity index (χ0v) is 14.2. The summed E-state index contributed by atoms with van der Waals surface area (Å²) in [5, 5.41) is 21.0. The molecule has 4 heteroatoms. The van der Waals surface area contributed by atoms with Crippen LogP contribution in [0.2, 0.25) is 0 Å². The highest BCUT2D eigenvalue weighted by Crippen LogP contribution is 2.44. The fourth-order valence-corrected chi connectivity index (χ4v) is 3.44. The molecule has 2 aromatic rings. The van der Waals surface area contributed by atoms with Gasteiger partial charge in [-0.2, -0.15) is 0 Å². The maximum Gasteiger partial charge on any atom is 0.231 e. The van der Waals surface area contributed by atoms with Gasteiger partial charge in [0.05, 0.1) is 12.0 Å². The molecule has 0 fully saturated rings. The minimum atomic E-state index is 0.0542. The Hall–Kier alpha value is -2.49. The number of phenols is 2. The Bertz CT molecular complexity index is 759. The van der Waals surface area contributed by atoms with Gasteiger partial charge in [0.25, 0.3) is 0 Å². The minimum Gasteiger partial charge on any atom is -0.507 e. The van der Waals surface area contributed by atoms with E-state index in [0.717, 1.165) is 41.6 Å². The lowest BCUT2D eigenvalue weighted by Gasteiger charge is -2.16. The zero-order valence-electron chi connectivity index (χ0n) is 14.2. The lowest BCUT2D eigenvalue weighted by atomic mass is 9.94. The van der Waals surface area contributed by atoms with Crippen LogP contribution >= 0.6 is 0 Å². The number of aromatic hydroxyl groups is 2. The van der Waals surface area contributed by atoms with Crippen LogP contribution in [0, 0.1) is 0 Å². The van der Waals surface area contributed by atoms with Crippen LogP contribution in [0.3, 0.4) is 0 Å². The largest absolute Gasteiger partial charge is 0.507 e. The van der Waals surface area contributed by atoms with Crippen molar-refractivity contribution in [1.29, 1.82) is 0 Å². The number of anilines is 1. The van der Waals surface area contributed by atoms with Crippen LogP contribution < -0.4 is 4.90 Å². The van der Waals surface area contributed by atoms with Crippen LogP contribution in [0.4, 0.5) is 5.69 Å². The normalized spacial score (nSPS) is 13.4. The molecule has 0 saturated heterocycles. The molecule has 2 N–H and O–H groups in total. The van der Waals surface area contributed by atoms with Gasteiger partial charge in [-0.3, -0.25) is 4.79 Å². The number of amides is 1. The summed E-state index contributed by atoms with van der Waals surface area (Å²) in [5.41, 5.74) is 3.81. The highest BCUT2D eigenvalue weighted by Gasteiger charge is 2.29. The average Bonchev–Trinajstić information content (AvgIpc) is 2.88. The number of benzene rings is 2. The van der Waals surface area contributed by atoms with Gasteiger partial charge < -0.3 is 15.1 Å². The molecule has 1 aliphatic heterocycles. The van der Waals surface area contributed by atoms with Crippen molar-refractivity contribution in [2.75, 3.05) is 11.4 Å². The van der Waals surface area contributed by atoms with Gasteiger partial charge >= 0.3 is 0 Å². The van der Waals surface area contributed by atoms with Gasteiger partial charge in [0.15, 0.2) is 0 Å². The van der Waals surface area contributed by atoms with Gasteiger partial charge in [0.1, 0.15) is 11.5 Å². The Morgan fingerprint density at radius 3 is 2.46 bits per heavy atom. The molecule has 1 heterocycles. The number of rotatable bonds is 5. The summed E-state index contributed by atoms with van der Waals surface area (Å²) in [6.45, 7) is 4.66. The van der Waals surface area contributed by atoms with Crippen LogP contribution in [0.15, 0.2) is 30.3 Å². The van der Waals surface area contributed by atoms with Crippen molar-refractivity contribution >= 4 is 11.6 Å². The second-order valence-corrected chi connectivity index (χ2v) is 6.23. The maximum absolute atomic E-state index is 12.2. The van der Waals surface area contributed by atoms with Crippen LogP contribution in [-0.2, 0) is 17.6 Å². The number of likely N-dealkylation sites (N-methyl/N-ethyl adjacent to an activating group) is 1. The Morgan fingerprint density at radius 2 is 1.83 bits per heavy atom. The predicted octanol–water partition coefficient (Wildman–Crippen LogP) is 4.02. The third-order valence-corrected chi connectivity index (χ3v) is 4.63. The molecule has 1 amide bonds. The molecule has 0 bridgehead atoms. The number of nitrogens with zero attached hydrogens (tertiary/aromatic N) is 1. The number of fused-ring (bicyclic) bond motifs is 1. The van der Waals surface area contributed by atoms with E-state index >= 15 is 0 Å². The van der Waals surface area contributed by atoms with Crippen molar-refractivity contribution in [3.05, 3.63) is 41.5 Å². The Labute approximate surface area is 142 Å². The summed E-state index contributed by atoms with van der Waals surface area (Å²) in [4.78, 5) is 13.9. The number of carbonyl (C=O) groups excluding carboxylic acids is 1. The summed E-state index contributed by atoms with van der Waals surface area (Å²) in [5.74, 6) is 0.187. The monoisotopic (exact) mass is 325 g/mol. The predicted molar refractivity (Wildman–Crippen MR) is 95.6 cm³/mol. The second-order valence-electron chi connectivity index (χ2n) is 6.23. The summed E-state index contributed by atoms with van der Waals surface area (Å²) in [6.07, 6.45) is 3.20. The number of hydrogen-bond acceptors (Lipinski definition) is 3. The van der Waals surface area contributed by atoms with Gasteiger partial charge in [-0.1, -0.05) is 25.5 Å². The summed E-state index contributed by atoms with van der Waals surface area (Å²) in [6, 6.07) is 9.07. The molecular weight excluding hydrogens is 302 g/mol. The molecule has 3 rings (SSSR count). The molecule has 0 aromatic heterocycles. The molecule has 0 unspecified atom stereocenters. The molecule has 1 aliphatic rings. The van der Waals surface area contributed by atoms with Crippen molar-refractivity contribution in [1.82, 2.24) is 0 Å². The first-order valence-electron chi connectivity index (χ1n) is 8.54. The Morgan fingerprint density at radius 1 is 1.12 bits per heavy atom. The van der Waals surface area contributed by atoms with E-state index in [0.29, 0.717) is 18.5 Å². The van der Waals surface area contributed by atoms with E-state index in [1.807, 2.05) is 25.1 Å². The average molecular weight is 325 g/mol. The molecule has 24 heavy (non-hydrogen) atoms. The van der Waals surface area contributed by atoms with Crippen LogP contribution in [0.25, 0.3) is 11.1 Å². The van der Waals surface area contributed by atoms with Crippen LogP contribution in [0.5, 0.6) is 11.5 Å². The minimum absolute atomic E-state index is 0.0542. The molecule has 2 aromatic carbocycles. The van der Waals surface area contributed by atoms with Crippen LogP contribution in [-0.4, -0.2) is 22.7 Å². The summed E-state index contributed by atoms with van der Waals surface area (Å²) < 4.78 is 0.